The lowest BCUT2D eigenvalue weighted by Crippen LogP contribution is -2.54. The lowest BCUT2D eigenvalue weighted by molar-refractivity contribution is -0.144. The van der Waals surface area contributed by atoms with Gasteiger partial charge >= 0.3 is 5.97 Å². The lowest BCUT2D eigenvalue weighted by Gasteiger charge is -2.33. The van der Waals surface area contributed by atoms with Crippen LogP contribution in [0.1, 0.15) is 5.56 Å². The molecule has 0 amide bonds. The zero-order valence-electron chi connectivity index (χ0n) is 8.65. The standard InChI is InChI=1S/C10H13BrN2O2S/c11-9-3-7(6-16-9)5-13-2-1-12-4-8(13)10(14)15/h3,6,8,12H,1-2,4-5H2,(H,14,15). The SMILES string of the molecule is O=C(O)C1CNCCN1Cc1csc(Br)c1. The molecule has 0 radical (unpaired) electrons. The molecule has 4 nitrogen and oxygen atoms in total. The van der Waals surface area contributed by atoms with Crippen LogP contribution in [0.5, 0.6) is 0 Å². The van der Waals surface area contributed by atoms with Crippen molar-refractivity contribution >= 4 is 33.2 Å². The Labute approximate surface area is 106 Å². The quantitative estimate of drug-likeness (QED) is 0.885. The molecule has 1 atom stereocenters. The van der Waals surface area contributed by atoms with Gasteiger partial charge in [0.2, 0.25) is 0 Å². The molecule has 0 spiro atoms. The number of thiophene rings is 1. The molecule has 88 valence electrons. The molecule has 1 aromatic rings. The number of rotatable bonds is 3. The summed E-state index contributed by atoms with van der Waals surface area (Å²) in [5.74, 6) is -0.749. The minimum Gasteiger partial charge on any atom is -0.480 e. The summed E-state index contributed by atoms with van der Waals surface area (Å²) in [6.45, 7) is 2.88. The van der Waals surface area contributed by atoms with Gasteiger partial charge in [-0.15, -0.1) is 11.3 Å². The van der Waals surface area contributed by atoms with Gasteiger partial charge in [-0.25, -0.2) is 0 Å². The molecule has 0 saturated carbocycles. The van der Waals surface area contributed by atoms with E-state index in [1.165, 1.54) is 5.56 Å². The van der Waals surface area contributed by atoms with Crippen LogP contribution in [-0.2, 0) is 11.3 Å². The number of hydrogen-bond donors (Lipinski definition) is 2. The molecular formula is C10H13BrN2O2S. The van der Waals surface area contributed by atoms with E-state index < -0.39 is 12.0 Å². The van der Waals surface area contributed by atoms with Crippen LogP contribution in [0.25, 0.3) is 0 Å². The number of hydrogen-bond acceptors (Lipinski definition) is 4. The molecule has 0 aromatic carbocycles. The van der Waals surface area contributed by atoms with E-state index in [1.54, 1.807) is 11.3 Å². The predicted octanol–water partition coefficient (Wildman–Crippen LogP) is 1.37. The number of carboxylic acids is 1. The van der Waals surface area contributed by atoms with Crippen LogP contribution in [0.3, 0.4) is 0 Å². The number of carboxylic acid groups (broad SMARTS) is 1. The lowest BCUT2D eigenvalue weighted by atomic mass is 10.1. The Kier molecular flexibility index (Phi) is 3.96. The molecule has 2 rings (SSSR count). The van der Waals surface area contributed by atoms with Gasteiger partial charge in [-0.3, -0.25) is 9.69 Å². The highest BCUT2D eigenvalue weighted by Gasteiger charge is 2.28. The number of piperazine rings is 1. The second kappa shape index (κ2) is 5.27. The Balaban J connectivity index is 2.03. The van der Waals surface area contributed by atoms with E-state index in [4.69, 9.17) is 5.11 Å². The smallest absolute Gasteiger partial charge is 0.322 e. The second-order valence-corrected chi connectivity index (χ2v) is 6.08. The summed E-state index contributed by atoms with van der Waals surface area (Å²) >= 11 is 5.04. The summed E-state index contributed by atoms with van der Waals surface area (Å²) < 4.78 is 1.09. The summed E-state index contributed by atoms with van der Waals surface area (Å²) in [6, 6.07) is 1.64. The monoisotopic (exact) mass is 304 g/mol. The number of carbonyl (C=O) groups is 1. The van der Waals surface area contributed by atoms with Crippen molar-refractivity contribution in [2.45, 2.75) is 12.6 Å². The summed E-state index contributed by atoms with van der Waals surface area (Å²) in [5, 5.41) is 14.3. The average Bonchev–Trinajstić information content (AvgIpc) is 2.64. The van der Waals surface area contributed by atoms with Crippen LogP contribution in [0.15, 0.2) is 15.2 Å². The van der Waals surface area contributed by atoms with Crippen molar-refractivity contribution in [1.29, 1.82) is 0 Å². The summed E-state index contributed by atoms with van der Waals surface area (Å²) in [4.78, 5) is 13.1. The van der Waals surface area contributed by atoms with Crippen LogP contribution in [-0.4, -0.2) is 41.7 Å². The third-order valence-electron chi connectivity index (χ3n) is 2.65. The van der Waals surface area contributed by atoms with Crippen molar-refractivity contribution in [1.82, 2.24) is 10.2 Å². The van der Waals surface area contributed by atoms with Crippen molar-refractivity contribution in [3.05, 3.63) is 20.8 Å². The van der Waals surface area contributed by atoms with Crippen molar-refractivity contribution in [2.24, 2.45) is 0 Å². The fraction of sp³-hybridized carbons (Fsp3) is 0.500. The topological polar surface area (TPSA) is 52.6 Å². The maximum atomic E-state index is 11.1. The van der Waals surface area contributed by atoms with Crippen LogP contribution in [0.4, 0.5) is 0 Å². The van der Waals surface area contributed by atoms with Gasteiger partial charge in [-0.05, 0) is 32.9 Å². The predicted molar refractivity (Wildman–Crippen MR) is 66.7 cm³/mol. The van der Waals surface area contributed by atoms with E-state index in [0.717, 1.165) is 16.9 Å². The number of nitrogens with one attached hydrogen (secondary N) is 1. The molecule has 6 heteroatoms. The van der Waals surface area contributed by atoms with E-state index in [0.29, 0.717) is 13.1 Å². The normalized spacial score (nSPS) is 22.2. The van der Waals surface area contributed by atoms with Gasteiger partial charge < -0.3 is 10.4 Å². The second-order valence-electron chi connectivity index (χ2n) is 3.79. The highest BCUT2D eigenvalue weighted by molar-refractivity contribution is 9.11. The molecule has 0 bridgehead atoms. The first-order valence-corrected chi connectivity index (χ1v) is 6.74. The maximum absolute atomic E-state index is 11.1. The highest BCUT2D eigenvalue weighted by atomic mass is 79.9. The molecule has 1 unspecified atom stereocenters. The summed E-state index contributed by atoms with van der Waals surface area (Å²) in [5.41, 5.74) is 1.17. The molecular weight excluding hydrogens is 292 g/mol. The molecule has 1 aliphatic rings. The maximum Gasteiger partial charge on any atom is 0.322 e. The van der Waals surface area contributed by atoms with Crippen LogP contribution in [0, 0.1) is 0 Å². The first-order valence-electron chi connectivity index (χ1n) is 5.07. The van der Waals surface area contributed by atoms with Gasteiger partial charge in [0.05, 0.1) is 3.79 Å². The zero-order valence-corrected chi connectivity index (χ0v) is 11.1. The zero-order chi connectivity index (χ0) is 11.5. The van der Waals surface area contributed by atoms with Gasteiger partial charge in [0.25, 0.3) is 0 Å². The van der Waals surface area contributed by atoms with Crippen LogP contribution in [0.2, 0.25) is 0 Å². The van der Waals surface area contributed by atoms with Crippen LogP contribution < -0.4 is 5.32 Å². The Morgan fingerprint density at radius 3 is 3.19 bits per heavy atom. The van der Waals surface area contributed by atoms with E-state index >= 15 is 0 Å². The van der Waals surface area contributed by atoms with E-state index in [-0.39, 0.29) is 0 Å². The Morgan fingerprint density at radius 1 is 1.75 bits per heavy atom. The van der Waals surface area contributed by atoms with Crippen molar-refractivity contribution < 1.29 is 9.90 Å². The van der Waals surface area contributed by atoms with Crippen LogP contribution >= 0.6 is 27.3 Å². The third kappa shape index (κ3) is 2.82. The molecule has 1 fully saturated rings. The first-order chi connectivity index (χ1) is 7.66. The van der Waals surface area contributed by atoms with Gasteiger partial charge in [0, 0.05) is 26.2 Å². The summed E-state index contributed by atoms with van der Waals surface area (Å²) in [6.07, 6.45) is 0. The number of aliphatic carboxylic acids is 1. The molecule has 1 saturated heterocycles. The Hall–Kier alpha value is -0.430. The van der Waals surface area contributed by atoms with Crippen molar-refractivity contribution in [3.8, 4) is 0 Å². The highest BCUT2D eigenvalue weighted by Crippen LogP contribution is 2.22. The molecule has 2 heterocycles. The largest absolute Gasteiger partial charge is 0.480 e. The molecule has 16 heavy (non-hydrogen) atoms. The van der Waals surface area contributed by atoms with Gasteiger partial charge in [-0.1, -0.05) is 0 Å². The van der Waals surface area contributed by atoms with Gasteiger partial charge in [-0.2, -0.15) is 0 Å². The third-order valence-corrected chi connectivity index (χ3v) is 4.20. The fourth-order valence-electron chi connectivity index (χ4n) is 1.84. The number of nitrogens with zero attached hydrogens (tertiary/aromatic N) is 1. The summed E-state index contributed by atoms with van der Waals surface area (Å²) in [7, 11) is 0. The van der Waals surface area contributed by atoms with Gasteiger partial charge in [0.1, 0.15) is 6.04 Å². The van der Waals surface area contributed by atoms with Crippen molar-refractivity contribution in [2.75, 3.05) is 19.6 Å². The minimum atomic E-state index is -0.749. The first kappa shape index (κ1) is 12.0. The number of halogens is 1. The van der Waals surface area contributed by atoms with E-state index in [1.807, 2.05) is 11.0 Å². The van der Waals surface area contributed by atoms with E-state index in [9.17, 15) is 4.79 Å². The van der Waals surface area contributed by atoms with Gasteiger partial charge in [0.15, 0.2) is 0 Å². The average molecular weight is 305 g/mol. The Bertz CT molecular complexity index is 383. The van der Waals surface area contributed by atoms with E-state index in [2.05, 4.69) is 26.6 Å². The van der Waals surface area contributed by atoms with Crippen molar-refractivity contribution in [3.63, 3.8) is 0 Å². The molecule has 1 aromatic heterocycles. The minimum absolute atomic E-state index is 0.410. The fourth-order valence-corrected chi connectivity index (χ4v) is 3.04. The molecule has 2 N–H and O–H groups in total. The molecule has 1 aliphatic heterocycles. The molecule has 0 aliphatic carbocycles. The Morgan fingerprint density at radius 2 is 2.56 bits per heavy atom.